The molecule has 1 fully saturated rings. The van der Waals surface area contributed by atoms with E-state index in [0.29, 0.717) is 6.54 Å². The normalized spacial score (nSPS) is 14.2. The van der Waals surface area contributed by atoms with Crippen molar-refractivity contribution >= 4 is 11.6 Å². The summed E-state index contributed by atoms with van der Waals surface area (Å²) in [6.07, 6.45) is 3.00. The van der Waals surface area contributed by atoms with Crippen LogP contribution in [-0.4, -0.2) is 31.2 Å². The first-order chi connectivity index (χ1) is 10.9. The molecule has 0 aromatic carbocycles. The van der Waals surface area contributed by atoms with Crippen LogP contribution in [0.25, 0.3) is 5.65 Å². The van der Waals surface area contributed by atoms with Gasteiger partial charge in [-0.05, 0) is 18.8 Å². The molecule has 0 bridgehead atoms. The molecule has 3 rings (SSSR count). The average molecular weight is 315 g/mol. The number of hydrogen-bond acceptors (Lipinski definition) is 5. The topological polar surface area (TPSA) is 112 Å². The van der Waals surface area contributed by atoms with Gasteiger partial charge in [0.15, 0.2) is 11.2 Å². The molecule has 1 saturated carbocycles. The van der Waals surface area contributed by atoms with Crippen LogP contribution in [0, 0.1) is 17.2 Å². The minimum atomic E-state index is -0.725. The zero-order chi connectivity index (χ0) is 16.7. The van der Waals surface area contributed by atoms with Crippen LogP contribution in [-0.2, 0) is 6.54 Å². The second-order valence-electron chi connectivity index (χ2n) is 6.16. The predicted molar refractivity (Wildman–Crippen MR) is 81.2 cm³/mol. The highest BCUT2D eigenvalue weighted by Crippen LogP contribution is 2.23. The van der Waals surface area contributed by atoms with Gasteiger partial charge in [0.1, 0.15) is 11.6 Å². The van der Waals surface area contributed by atoms with Crippen LogP contribution in [0.1, 0.15) is 42.6 Å². The third-order valence-electron chi connectivity index (χ3n) is 3.69. The molecule has 23 heavy (non-hydrogen) atoms. The first kappa shape index (κ1) is 15.1. The van der Waals surface area contributed by atoms with Gasteiger partial charge in [-0.25, -0.2) is 0 Å². The molecule has 0 spiro atoms. The molecule has 2 aromatic heterocycles. The molecule has 2 N–H and O–H groups in total. The molecule has 0 saturated heterocycles. The third kappa shape index (κ3) is 2.54. The minimum absolute atomic E-state index is 0.0582. The minimum Gasteiger partial charge on any atom is -0.494 e. The monoisotopic (exact) mass is 315 g/mol. The van der Waals surface area contributed by atoms with Crippen molar-refractivity contribution in [2.75, 3.05) is 0 Å². The van der Waals surface area contributed by atoms with Crippen LogP contribution in [0.2, 0.25) is 0 Å². The number of amides is 1. The number of rotatable bonds is 4. The van der Waals surface area contributed by atoms with Gasteiger partial charge in [0.05, 0.1) is 6.20 Å². The van der Waals surface area contributed by atoms with E-state index in [4.69, 9.17) is 0 Å². The number of carbonyl (C=O) groups excluding carboxylic acids is 1. The van der Waals surface area contributed by atoms with E-state index in [1.165, 1.54) is 10.8 Å². The van der Waals surface area contributed by atoms with Crippen LogP contribution in [0.5, 0.6) is 5.88 Å². The van der Waals surface area contributed by atoms with Crippen molar-refractivity contribution in [3.05, 3.63) is 27.7 Å². The molecule has 0 atom stereocenters. The Labute approximate surface area is 132 Å². The first-order valence-electron chi connectivity index (χ1n) is 7.48. The van der Waals surface area contributed by atoms with Crippen molar-refractivity contribution in [3.63, 3.8) is 0 Å². The fourth-order valence-corrected chi connectivity index (χ4v) is 2.49. The molecule has 1 amide bonds. The molecule has 2 heterocycles. The van der Waals surface area contributed by atoms with Gasteiger partial charge in [0.2, 0.25) is 5.88 Å². The average Bonchev–Trinajstić information content (AvgIpc) is 3.18. The maximum absolute atomic E-state index is 12.5. The number of carbonyl (C=O) groups is 1. The summed E-state index contributed by atoms with van der Waals surface area (Å²) in [5.41, 5.74) is -0.686. The lowest BCUT2D eigenvalue weighted by Gasteiger charge is -2.16. The van der Waals surface area contributed by atoms with Crippen LogP contribution in [0.15, 0.2) is 11.0 Å². The van der Waals surface area contributed by atoms with Crippen molar-refractivity contribution in [1.82, 2.24) is 19.5 Å². The highest BCUT2D eigenvalue weighted by molar-refractivity contribution is 5.96. The summed E-state index contributed by atoms with van der Waals surface area (Å²) in [5, 5.41) is 26.3. The zero-order valence-electron chi connectivity index (χ0n) is 12.9. The van der Waals surface area contributed by atoms with Crippen LogP contribution in [0.3, 0.4) is 0 Å². The fourth-order valence-electron chi connectivity index (χ4n) is 2.49. The van der Waals surface area contributed by atoms with Gasteiger partial charge in [-0.2, -0.15) is 14.9 Å². The SMILES string of the molecule is CC(C)Cn1c(O)c(C(=O)NC2CC2)c(=O)n2ncc(C#N)c12. The van der Waals surface area contributed by atoms with E-state index in [-0.39, 0.29) is 28.7 Å². The number of nitriles is 1. The third-order valence-corrected chi connectivity index (χ3v) is 3.69. The van der Waals surface area contributed by atoms with Crippen molar-refractivity contribution < 1.29 is 9.90 Å². The Balaban J connectivity index is 2.27. The quantitative estimate of drug-likeness (QED) is 0.859. The Hall–Kier alpha value is -2.82. The highest BCUT2D eigenvalue weighted by atomic mass is 16.3. The molecule has 120 valence electrons. The molecule has 0 aliphatic heterocycles. The van der Waals surface area contributed by atoms with Gasteiger partial charge in [0, 0.05) is 12.6 Å². The smallest absolute Gasteiger partial charge is 0.291 e. The summed E-state index contributed by atoms with van der Waals surface area (Å²) >= 11 is 0. The maximum Gasteiger partial charge on any atom is 0.291 e. The number of fused-ring (bicyclic) bond motifs is 1. The molecule has 2 aromatic rings. The van der Waals surface area contributed by atoms with Gasteiger partial charge in [0.25, 0.3) is 11.5 Å². The van der Waals surface area contributed by atoms with Gasteiger partial charge in [-0.3, -0.25) is 14.2 Å². The van der Waals surface area contributed by atoms with Gasteiger partial charge in [-0.15, -0.1) is 0 Å². The van der Waals surface area contributed by atoms with Gasteiger partial charge < -0.3 is 10.4 Å². The summed E-state index contributed by atoms with van der Waals surface area (Å²) < 4.78 is 2.40. The van der Waals surface area contributed by atoms with E-state index in [1.54, 1.807) is 0 Å². The Morgan fingerprint density at radius 3 is 2.83 bits per heavy atom. The summed E-state index contributed by atoms with van der Waals surface area (Å²) in [6.45, 7) is 4.21. The fraction of sp³-hybridized carbons (Fsp3) is 0.467. The van der Waals surface area contributed by atoms with Gasteiger partial charge >= 0.3 is 0 Å². The lowest BCUT2D eigenvalue weighted by Crippen LogP contribution is -2.34. The summed E-state index contributed by atoms with van der Waals surface area (Å²) in [7, 11) is 0. The van der Waals surface area contributed by atoms with E-state index in [9.17, 15) is 20.0 Å². The Bertz CT molecular complexity index is 883. The molecule has 0 radical (unpaired) electrons. The van der Waals surface area contributed by atoms with E-state index in [2.05, 4.69) is 10.4 Å². The zero-order valence-corrected chi connectivity index (χ0v) is 12.9. The molecular formula is C15H17N5O3. The number of aromatic nitrogens is 3. The van der Waals surface area contributed by atoms with E-state index in [1.807, 2.05) is 19.9 Å². The molecular weight excluding hydrogens is 298 g/mol. The van der Waals surface area contributed by atoms with Crippen LogP contribution >= 0.6 is 0 Å². The van der Waals surface area contributed by atoms with E-state index >= 15 is 0 Å². The summed E-state index contributed by atoms with van der Waals surface area (Å²) in [5.74, 6) is -0.900. The summed E-state index contributed by atoms with van der Waals surface area (Å²) in [4.78, 5) is 24.8. The Morgan fingerprint density at radius 2 is 2.26 bits per heavy atom. The highest BCUT2D eigenvalue weighted by Gasteiger charge is 2.29. The molecule has 8 nitrogen and oxygen atoms in total. The second-order valence-corrected chi connectivity index (χ2v) is 6.16. The van der Waals surface area contributed by atoms with Crippen LogP contribution < -0.4 is 10.9 Å². The van der Waals surface area contributed by atoms with E-state index < -0.39 is 17.3 Å². The molecule has 1 aliphatic rings. The van der Waals surface area contributed by atoms with Gasteiger partial charge in [-0.1, -0.05) is 13.8 Å². The van der Waals surface area contributed by atoms with Crippen molar-refractivity contribution in [1.29, 1.82) is 5.26 Å². The largest absolute Gasteiger partial charge is 0.494 e. The summed E-state index contributed by atoms with van der Waals surface area (Å²) in [6, 6.07) is 2.01. The van der Waals surface area contributed by atoms with Crippen molar-refractivity contribution in [3.8, 4) is 11.9 Å². The molecule has 8 heteroatoms. The number of hydrogen-bond donors (Lipinski definition) is 2. The second kappa shape index (κ2) is 5.43. The Morgan fingerprint density at radius 1 is 1.57 bits per heavy atom. The van der Waals surface area contributed by atoms with Crippen LogP contribution in [0.4, 0.5) is 0 Å². The maximum atomic E-state index is 12.5. The Kier molecular flexibility index (Phi) is 3.56. The van der Waals surface area contributed by atoms with Crippen molar-refractivity contribution in [2.24, 2.45) is 5.92 Å². The molecule has 0 unspecified atom stereocenters. The first-order valence-corrected chi connectivity index (χ1v) is 7.48. The lowest BCUT2D eigenvalue weighted by atomic mass is 10.2. The van der Waals surface area contributed by atoms with Crippen molar-refractivity contribution in [2.45, 2.75) is 39.3 Å². The standard InChI is InChI=1S/C15H17N5O3/c1-8(2)7-19-13-9(5-16)6-17-20(13)15(23)11(14(19)22)12(21)18-10-3-4-10/h6,8,10,22H,3-4,7H2,1-2H3,(H,18,21). The lowest BCUT2D eigenvalue weighted by molar-refractivity contribution is 0.0944. The number of nitrogens with zero attached hydrogens (tertiary/aromatic N) is 4. The predicted octanol–water partition coefficient (Wildman–Crippen LogP) is 0.621. The molecule has 1 aliphatic carbocycles. The van der Waals surface area contributed by atoms with E-state index in [0.717, 1.165) is 17.4 Å². The number of aromatic hydroxyl groups is 1. The number of nitrogens with one attached hydrogen (secondary N) is 1.